The van der Waals surface area contributed by atoms with E-state index in [1.165, 1.54) is 16.8 Å². The number of aryl methyl sites for hydroxylation is 1. The highest BCUT2D eigenvalue weighted by Gasteiger charge is 2.17. The lowest BCUT2D eigenvalue weighted by Crippen LogP contribution is -2.35. The number of piperidine rings is 1. The fraction of sp³-hybridized carbons (Fsp3) is 0.400. The molecule has 0 radical (unpaired) electrons. The molecule has 0 amide bonds. The maximum Gasteiger partial charge on any atom is 0.0564 e. The SMILES string of the molecule is Cc1cc(CNc2ccccc2CN2CCC(O)CC2)ccc1Cl. The Bertz CT molecular complexity index is 681. The Labute approximate surface area is 149 Å². The summed E-state index contributed by atoms with van der Waals surface area (Å²) in [7, 11) is 0. The maximum absolute atomic E-state index is 9.65. The molecule has 3 rings (SSSR count). The standard InChI is InChI=1S/C20H25ClN2O/c1-15-12-16(6-7-19(15)21)13-22-20-5-3-2-4-17(20)14-23-10-8-18(24)9-11-23/h2-7,12,18,22,24H,8-11,13-14H2,1H3. The first-order valence-electron chi connectivity index (χ1n) is 8.59. The molecule has 0 unspecified atom stereocenters. The maximum atomic E-state index is 9.65. The summed E-state index contributed by atoms with van der Waals surface area (Å²) in [4.78, 5) is 2.42. The van der Waals surface area contributed by atoms with Gasteiger partial charge in [0, 0.05) is 36.9 Å². The van der Waals surface area contributed by atoms with Gasteiger partial charge in [-0.05, 0) is 48.6 Å². The Morgan fingerprint density at radius 1 is 1.17 bits per heavy atom. The van der Waals surface area contributed by atoms with Gasteiger partial charge in [0.1, 0.15) is 0 Å². The van der Waals surface area contributed by atoms with Gasteiger partial charge < -0.3 is 10.4 Å². The van der Waals surface area contributed by atoms with Gasteiger partial charge >= 0.3 is 0 Å². The molecule has 0 atom stereocenters. The van der Waals surface area contributed by atoms with Crippen molar-refractivity contribution < 1.29 is 5.11 Å². The van der Waals surface area contributed by atoms with Crippen LogP contribution in [0.25, 0.3) is 0 Å². The molecule has 0 aromatic heterocycles. The third kappa shape index (κ3) is 4.50. The third-order valence-corrected chi connectivity index (χ3v) is 5.10. The zero-order valence-corrected chi connectivity index (χ0v) is 14.9. The van der Waals surface area contributed by atoms with Crippen molar-refractivity contribution in [2.45, 2.75) is 39.0 Å². The fourth-order valence-electron chi connectivity index (χ4n) is 3.16. The minimum Gasteiger partial charge on any atom is -0.393 e. The Morgan fingerprint density at radius 3 is 2.67 bits per heavy atom. The smallest absolute Gasteiger partial charge is 0.0564 e. The molecule has 3 nitrogen and oxygen atoms in total. The van der Waals surface area contributed by atoms with Crippen LogP contribution in [0.4, 0.5) is 5.69 Å². The van der Waals surface area contributed by atoms with Crippen molar-refractivity contribution >= 4 is 17.3 Å². The molecular formula is C20H25ClN2O. The molecule has 1 fully saturated rings. The number of aliphatic hydroxyl groups is 1. The molecule has 0 spiro atoms. The average Bonchev–Trinajstić information content (AvgIpc) is 2.59. The van der Waals surface area contributed by atoms with E-state index in [1.807, 2.05) is 13.0 Å². The number of benzene rings is 2. The number of para-hydroxylation sites is 1. The van der Waals surface area contributed by atoms with E-state index in [0.717, 1.165) is 49.6 Å². The average molecular weight is 345 g/mol. The lowest BCUT2D eigenvalue weighted by atomic mass is 10.1. The van der Waals surface area contributed by atoms with Crippen LogP contribution < -0.4 is 5.32 Å². The van der Waals surface area contributed by atoms with Gasteiger partial charge in [-0.25, -0.2) is 0 Å². The quantitative estimate of drug-likeness (QED) is 0.852. The summed E-state index contributed by atoms with van der Waals surface area (Å²) in [6.45, 7) is 5.67. The summed E-state index contributed by atoms with van der Waals surface area (Å²) < 4.78 is 0. The van der Waals surface area contributed by atoms with Crippen LogP contribution in [0.3, 0.4) is 0 Å². The van der Waals surface area contributed by atoms with Crippen molar-refractivity contribution in [2.24, 2.45) is 0 Å². The highest BCUT2D eigenvalue weighted by atomic mass is 35.5. The lowest BCUT2D eigenvalue weighted by Gasteiger charge is -2.30. The highest BCUT2D eigenvalue weighted by Crippen LogP contribution is 2.22. The second-order valence-corrected chi connectivity index (χ2v) is 7.01. The molecule has 0 aliphatic carbocycles. The van der Waals surface area contributed by atoms with Gasteiger partial charge in [-0.2, -0.15) is 0 Å². The Kier molecular flexibility index (Phi) is 5.77. The minimum absolute atomic E-state index is 0.122. The Morgan fingerprint density at radius 2 is 1.92 bits per heavy atom. The van der Waals surface area contributed by atoms with E-state index in [0.29, 0.717) is 0 Å². The van der Waals surface area contributed by atoms with Crippen molar-refractivity contribution in [3.63, 3.8) is 0 Å². The molecule has 0 bridgehead atoms. The molecule has 2 N–H and O–H groups in total. The summed E-state index contributed by atoms with van der Waals surface area (Å²) in [5.74, 6) is 0. The van der Waals surface area contributed by atoms with Crippen LogP contribution in [-0.4, -0.2) is 29.2 Å². The Balaban J connectivity index is 1.64. The number of rotatable bonds is 5. The monoisotopic (exact) mass is 344 g/mol. The third-order valence-electron chi connectivity index (χ3n) is 4.67. The molecule has 1 saturated heterocycles. The second-order valence-electron chi connectivity index (χ2n) is 6.60. The number of anilines is 1. The van der Waals surface area contributed by atoms with E-state index < -0.39 is 0 Å². The van der Waals surface area contributed by atoms with E-state index in [1.54, 1.807) is 0 Å². The molecule has 1 aliphatic heterocycles. The molecule has 0 saturated carbocycles. The van der Waals surface area contributed by atoms with E-state index >= 15 is 0 Å². The van der Waals surface area contributed by atoms with E-state index in [-0.39, 0.29) is 6.10 Å². The van der Waals surface area contributed by atoms with Gasteiger partial charge in [-0.15, -0.1) is 0 Å². The Hall–Kier alpha value is -1.55. The van der Waals surface area contributed by atoms with E-state index in [2.05, 4.69) is 46.6 Å². The second kappa shape index (κ2) is 8.02. The summed E-state index contributed by atoms with van der Waals surface area (Å²) in [5.41, 5.74) is 4.82. The largest absolute Gasteiger partial charge is 0.393 e. The van der Waals surface area contributed by atoms with Gasteiger partial charge in [0.2, 0.25) is 0 Å². The summed E-state index contributed by atoms with van der Waals surface area (Å²) >= 11 is 6.10. The first-order chi connectivity index (χ1) is 11.6. The molecule has 4 heteroatoms. The first-order valence-corrected chi connectivity index (χ1v) is 8.97. The van der Waals surface area contributed by atoms with Crippen molar-refractivity contribution in [2.75, 3.05) is 18.4 Å². The number of aliphatic hydroxyl groups excluding tert-OH is 1. The number of likely N-dealkylation sites (tertiary alicyclic amines) is 1. The number of nitrogens with one attached hydrogen (secondary N) is 1. The van der Waals surface area contributed by atoms with Crippen LogP contribution in [0, 0.1) is 6.92 Å². The zero-order valence-electron chi connectivity index (χ0n) is 14.1. The van der Waals surface area contributed by atoms with Gasteiger partial charge in [0.05, 0.1) is 6.10 Å². The lowest BCUT2D eigenvalue weighted by molar-refractivity contribution is 0.0793. The molecular weight excluding hydrogens is 320 g/mol. The van der Waals surface area contributed by atoms with Crippen LogP contribution in [0.5, 0.6) is 0 Å². The molecule has 128 valence electrons. The molecule has 24 heavy (non-hydrogen) atoms. The highest BCUT2D eigenvalue weighted by molar-refractivity contribution is 6.31. The van der Waals surface area contributed by atoms with Crippen LogP contribution in [0.2, 0.25) is 5.02 Å². The minimum atomic E-state index is -0.122. The fourth-order valence-corrected chi connectivity index (χ4v) is 3.28. The van der Waals surface area contributed by atoms with Crippen molar-refractivity contribution in [1.82, 2.24) is 4.90 Å². The number of halogens is 1. The number of hydrogen-bond donors (Lipinski definition) is 2. The van der Waals surface area contributed by atoms with Crippen LogP contribution in [-0.2, 0) is 13.1 Å². The first kappa shape index (κ1) is 17.3. The predicted octanol–water partition coefficient (Wildman–Crippen LogP) is 4.22. The number of hydrogen-bond acceptors (Lipinski definition) is 3. The summed E-state index contributed by atoms with van der Waals surface area (Å²) in [6, 6.07) is 14.6. The normalized spacial score (nSPS) is 16.3. The van der Waals surface area contributed by atoms with Crippen molar-refractivity contribution in [3.8, 4) is 0 Å². The van der Waals surface area contributed by atoms with Gasteiger partial charge in [-0.3, -0.25) is 4.90 Å². The molecule has 2 aromatic carbocycles. The van der Waals surface area contributed by atoms with Crippen LogP contribution in [0.1, 0.15) is 29.5 Å². The number of nitrogens with zero attached hydrogens (tertiary/aromatic N) is 1. The zero-order chi connectivity index (χ0) is 16.9. The van der Waals surface area contributed by atoms with E-state index in [4.69, 9.17) is 11.6 Å². The van der Waals surface area contributed by atoms with Gasteiger partial charge in [-0.1, -0.05) is 41.9 Å². The van der Waals surface area contributed by atoms with Gasteiger partial charge in [0.15, 0.2) is 0 Å². The van der Waals surface area contributed by atoms with E-state index in [9.17, 15) is 5.11 Å². The van der Waals surface area contributed by atoms with Crippen molar-refractivity contribution in [3.05, 3.63) is 64.2 Å². The van der Waals surface area contributed by atoms with Gasteiger partial charge in [0.25, 0.3) is 0 Å². The molecule has 2 aromatic rings. The van der Waals surface area contributed by atoms with Crippen molar-refractivity contribution in [1.29, 1.82) is 0 Å². The summed E-state index contributed by atoms with van der Waals surface area (Å²) in [6.07, 6.45) is 1.63. The predicted molar refractivity (Wildman–Crippen MR) is 100 cm³/mol. The van der Waals surface area contributed by atoms with Crippen LogP contribution in [0.15, 0.2) is 42.5 Å². The summed E-state index contributed by atoms with van der Waals surface area (Å²) in [5, 5.41) is 14.0. The van der Waals surface area contributed by atoms with Crippen LogP contribution >= 0.6 is 11.6 Å². The topological polar surface area (TPSA) is 35.5 Å². The molecule has 1 aliphatic rings. The molecule has 1 heterocycles.